The van der Waals surface area contributed by atoms with Gasteiger partial charge in [0.05, 0.1) is 11.6 Å². The van der Waals surface area contributed by atoms with Gasteiger partial charge in [0.25, 0.3) is 0 Å². The summed E-state index contributed by atoms with van der Waals surface area (Å²) < 4.78 is 2.06. The standard InChI is InChI=1S/C10H16N2O2S/c1-7(2)12-6-11-4-9(12)5-15-8(3)10(13)14/h4,6-8H,5H2,1-3H3,(H,13,14). The van der Waals surface area contributed by atoms with Crippen LogP contribution in [0, 0.1) is 0 Å². The van der Waals surface area contributed by atoms with Gasteiger partial charge in [-0.25, -0.2) is 4.98 Å². The molecule has 15 heavy (non-hydrogen) atoms. The molecule has 0 saturated heterocycles. The molecule has 0 amide bonds. The van der Waals surface area contributed by atoms with Crippen LogP contribution in [0.5, 0.6) is 0 Å². The van der Waals surface area contributed by atoms with Crippen LogP contribution in [0.25, 0.3) is 0 Å². The summed E-state index contributed by atoms with van der Waals surface area (Å²) in [5.41, 5.74) is 1.07. The van der Waals surface area contributed by atoms with E-state index in [1.807, 2.05) is 0 Å². The van der Waals surface area contributed by atoms with Crippen molar-refractivity contribution in [3.05, 3.63) is 18.2 Å². The summed E-state index contributed by atoms with van der Waals surface area (Å²) in [6.45, 7) is 5.86. The Balaban J connectivity index is 2.57. The number of hydrogen-bond acceptors (Lipinski definition) is 3. The molecule has 0 radical (unpaired) electrons. The van der Waals surface area contributed by atoms with E-state index in [2.05, 4.69) is 23.4 Å². The maximum Gasteiger partial charge on any atom is 0.316 e. The molecule has 84 valence electrons. The summed E-state index contributed by atoms with van der Waals surface area (Å²) in [7, 11) is 0. The molecule has 1 N–H and O–H groups in total. The van der Waals surface area contributed by atoms with Gasteiger partial charge in [-0.3, -0.25) is 4.79 Å². The predicted octanol–water partition coefficient (Wildman–Crippen LogP) is 2.17. The average Bonchev–Trinajstić information content (AvgIpc) is 2.61. The number of carbonyl (C=O) groups is 1. The topological polar surface area (TPSA) is 55.1 Å². The van der Waals surface area contributed by atoms with Crippen molar-refractivity contribution in [2.45, 2.75) is 37.8 Å². The van der Waals surface area contributed by atoms with Crippen LogP contribution < -0.4 is 0 Å². The highest BCUT2D eigenvalue weighted by Gasteiger charge is 2.13. The fraction of sp³-hybridized carbons (Fsp3) is 0.600. The Hall–Kier alpha value is -0.970. The fourth-order valence-electron chi connectivity index (χ4n) is 1.19. The first-order chi connectivity index (χ1) is 7.02. The van der Waals surface area contributed by atoms with Crippen LogP contribution in [0.3, 0.4) is 0 Å². The lowest BCUT2D eigenvalue weighted by atomic mass is 10.4. The zero-order valence-corrected chi connectivity index (χ0v) is 9.99. The van der Waals surface area contributed by atoms with Gasteiger partial charge in [0.1, 0.15) is 0 Å². The van der Waals surface area contributed by atoms with E-state index in [-0.39, 0.29) is 5.25 Å². The van der Waals surface area contributed by atoms with Crippen LogP contribution in [-0.2, 0) is 10.5 Å². The summed E-state index contributed by atoms with van der Waals surface area (Å²) in [5, 5.41) is 8.37. The van der Waals surface area contributed by atoms with Gasteiger partial charge in [-0.05, 0) is 20.8 Å². The van der Waals surface area contributed by atoms with E-state index in [9.17, 15) is 4.79 Å². The average molecular weight is 228 g/mol. The molecule has 1 atom stereocenters. The molecular formula is C10H16N2O2S. The zero-order chi connectivity index (χ0) is 11.4. The van der Waals surface area contributed by atoms with Crippen LogP contribution >= 0.6 is 11.8 Å². The largest absolute Gasteiger partial charge is 0.480 e. The van der Waals surface area contributed by atoms with E-state index in [1.165, 1.54) is 11.8 Å². The Bertz CT molecular complexity index is 336. The van der Waals surface area contributed by atoms with Gasteiger partial charge in [-0.2, -0.15) is 0 Å². The second-order valence-corrected chi connectivity index (χ2v) is 5.01. The third kappa shape index (κ3) is 3.27. The molecule has 0 bridgehead atoms. The Kier molecular flexibility index (Phi) is 4.20. The number of carboxylic acids is 1. The summed E-state index contributed by atoms with van der Waals surface area (Å²) in [4.78, 5) is 14.7. The molecule has 0 aliphatic carbocycles. The number of aromatic nitrogens is 2. The van der Waals surface area contributed by atoms with E-state index in [4.69, 9.17) is 5.11 Å². The lowest BCUT2D eigenvalue weighted by Crippen LogP contribution is -2.12. The van der Waals surface area contributed by atoms with E-state index < -0.39 is 5.97 Å². The van der Waals surface area contributed by atoms with Crippen molar-refractivity contribution >= 4 is 17.7 Å². The molecule has 1 aromatic rings. The first-order valence-electron chi connectivity index (χ1n) is 4.87. The minimum absolute atomic E-state index is 0.364. The SMILES string of the molecule is CC(SCc1cncn1C(C)C)C(=O)O. The van der Waals surface area contributed by atoms with Crippen molar-refractivity contribution < 1.29 is 9.90 Å². The number of aliphatic carboxylic acids is 1. The first-order valence-corrected chi connectivity index (χ1v) is 5.92. The molecule has 5 heteroatoms. The van der Waals surface area contributed by atoms with Crippen molar-refractivity contribution in [1.29, 1.82) is 0 Å². The minimum atomic E-state index is -0.768. The van der Waals surface area contributed by atoms with E-state index in [1.54, 1.807) is 19.4 Å². The van der Waals surface area contributed by atoms with Gasteiger partial charge in [0.2, 0.25) is 0 Å². The number of imidazole rings is 1. The van der Waals surface area contributed by atoms with Crippen LogP contribution in [0.15, 0.2) is 12.5 Å². The normalized spacial score (nSPS) is 13.1. The third-order valence-corrected chi connectivity index (χ3v) is 3.30. The van der Waals surface area contributed by atoms with E-state index >= 15 is 0 Å². The number of hydrogen-bond donors (Lipinski definition) is 1. The zero-order valence-electron chi connectivity index (χ0n) is 9.17. The molecule has 0 aliphatic rings. The van der Waals surface area contributed by atoms with Crippen molar-refractivity contribution in [3.63, 3.8) is 0 Å². The lowest BCUT2D eigenvalue weighted by Gasteiger charge is -2.12. The van der Waals surface area contributed by atoms with Gasteiger partial charge >= 0.3 is 5.97 Å². The summed E-state index contributed by atoms with van der Waals surface area (Å²) in [6, 6.07) is 0.364. The molecule has 1 unspecified atom stereocenters. The van der Waals surface area contributed by atoms with Crippen molar-refractivity contribution in [2.75, 3.05) is 0 Å². The van der Waals surface area contributed by atoms with E-state index in [0.29, 0.717) is 11.8 Å². The third-order valence-electron chi connectivity index (χ3n) is 2.13. The van der Waals surface area contributed by atoms with Crippen molar-refractivity contribution in [1.82, 2.24) is 9.55 Å². The summed E-state index contributed by atoms with van der Waals surface area (Å²) >= 11 is 1.41. The van der Waals surface area contributed by atoms with Crippen LogP contribution in [0.2, 0.25) is 0 Å². The van der Waals surface area contributed by atoms with Gasteiger partial charge in [0.15, 0.2) is 0 Å². The molecule has 1 rings (SSSR count). The maximum absolute atomic E-state index is 10.6. The van der Waals surface area contributed by atoms with Gasteiger partial charge < -0.3 is 9.67 Å². The minimum Gasteiger partial charge on any atom is -0.480 e. The molecular weight excluding hydrogens is 212 g/mol. The molecule has 0 saturated carbocycles. The molecule has 0 spiro atoms. The first kappa shape index (κ1) is 12.1. The monoisotopic (exact) mass is 228 g/mol. The molecule has 0 aromatic carbocycles. The Labute approximate surface area is 93.7 Å². The van der Waals surface area contributed by atoms with Crippen LogP contribution in [0.1, 0.15) is 32.5 Å². The summed E-state index contributed by atoms with van der Waals surface area (Å²) in [6.07, 6.45) is 3.58. The Morgan fingerprint density at radius 1 is 1.60 bits per heavy atom. The lowest BCUT2D eigenvalue weighted by molar-refractivity contribution is -0.136. The molecule has 0 aliphatic heterocycles. The maximum atomic E-state index is 10.6. The molecule has 4 nitrogen and oxygen atoms in total. The van der Waals surface area contributed by atoms with Crippen molar-refractivity contribution in [2.24, 2.45) is 0 Å². The van der Waals surface area contributed by atoms with E-state index in [0.717, 1.165) is 5.69 Å². The number of nitrogens with zero attached hydrogens (tertiary/aromatic N) is 2. The van der Waals surface area contributed by atoms with Gasteiger partial charge in [0, 0.05) is 23.7 Å². The van der Waals surface area contributed by atoms with Crippen molar-refractivity contribution in [3.8, 4) is 0 Å². The summed E-state index contributed by atoms with van der Waals surface area (Å²) in [5.74, 6) is -0.0818. The van der Waals surface area contributed by atoms with Crippen LogP contribution in [0.4, 0.5) is 0 Å². The van der Waals surface area contributed by atoms with Gasteiger partial charge in [-0.15, -0.1) is 11.8 Å². The molecule has 1 heterocycles. The highest BCUT2D eigenvalue weighted by molar-refractivity contribution is 7.99. The smallest absolute Gasteiger partial charge is 0.316 e. The number of carboxylic acid groups (broad SMARTS) is 1. The fourth-order valence-corrected chi connectivity index (χ4v) is 1.98. The number of rotatable bonds is 5. The Morgan fingerprint density at radius 3 is 2.80 bits per heavy atom. The van der Waals surface area contributed by atoms with Crippen LogP contribution in [-0.4, -0.2) is 25.9 Å². The second kappa shape index (κ2) is 5.21. The quantitative estimate of drug-likeness (QED) is 0.839. The highest BCUT2D eigenvalue weighted by Crippen LogP contribution is 2.19. The number of thioether (sulfide) groups is 1. The molecule has 1 aromatic heterocycles. The second-order valence-electron chi connectivity index (χ2n) is 3.68. The molecule has 0 fully saturated rings. The van der Waals surface area contributed by atoms with Gasteiger partial charge in [-0.1, -0.05) is 0 Å². The highest BCUT2D eigenvalue weighted by atomic mass is 32.2. The predicted molar refractivity (Wildman–Crippen MR) is 61.0 cm³/mol. The Morgan fingerprint density at radius 2 is 2.27 bits per heavy atom.